The van der Waals surface area contributed by atoms with E-state index in [1.807, 2.05) is 0 Å². The van der Waals surface area contributed by atoms with Crippen LogP contribution < -0.4 is 5.73 Å². The van der Waals surface area contributed by atoms with Crippen LogP contribution in [0, 0.1) is 5.41 Å². The molecule has 1 spiro atoms. The van der Waals surface area contributed by atoms with Crippen LogP contribution in [0.3, 0.4) is 0 Å². The normalized spacial score (nSPS) is 29.5. The van der Waals surface area contributed by atoms with Gasteiger partial charge in [0.1, 0.15) is 0 Å². The van der Waals surface area contributed by atoms with E-state index in [2.05, 4.69) is 42.2 Å². The minimum atomic E-state index is 0.402. The molecule has 86 valence electrons. The van der Waals surface area contributed by atoms with Gasteiger partial charge in [0.05, 0.1) is 0 Å². The van der Waals surface area contributed by atoms with Gasteiger partial charge in [-0.1, -0.05) is 30.3 Å². The highest BCUT2D eigenvalue weighted by molar-refractivity contribution is 5.20. The summed E-state index contributed by atoms with van der Waals surface area (Å²) < 4.78 is 0. The maximum Gasteiger partial charge on any atom is 0.0320 e. The van der Waals surface area contributed by atoms with Crippen molar-refractivity contribution in [2.24, 2.45) is 11.1 Å². The first kappa shape index (κ1) is 10.3. The molecule has 0 amide bonds. The number of nitrogens with zero attached hydrogens (tertiary/aromatic N) is 1. The van der Waals surface area contributed by atoms with Crippen molar-refractivity contribution in [3.63, 3.8) is 0 Å². The molecule has 1 unspecified atom stereocenters. The van der Waals surface area contributed by atoms with Crippen LogP contribution in [-0.2, 0) is 0 Å². The van der Waals surface area contributed by atoms with E-state index in [1.165, 1.54) is 24.9 Å². The molecule has 16 heavy (non-hydrogen) atoms. The van der Waals surface area contributed by atoms with E-state index < -0.39 is 0 Å². The second-order valence-corrected chi connectivity index (χ2v) is 5.48. The van der Waals surface area contributed by atoms with E-state index in [-0.39, 0.29) is 0 Å². The molecule has 2 N–H and O–H groups in total. The van der Waals surface area contributed by atoms with Gasteiger partial charge < -0.3 is 5.73 Å². The lowest BCUT2D eigenvalue weighted by atomic mass is 10.0. The number of hydrogen-bond acceptors (Lipinski definition) is 2. The second-order valence-electron chi connectivity index (χ2n) is 5.48. The molecule has 2 aliphatic rings. The van der Waals surface area contributed by atoms with Gasteiger partial charge in [0, 0.05) is 25.2 Å². The van der Waals surface area contributed by atoms with Crippen molar-refractivity contribution >= 4 is 0 Å². The van der Waals surface area contributed by atoms with Gasteiger partial charge in [0.2, 0.25) is 0 Å². The Balaban J connectivity index is 1.75. The van der Waals surface area contributed by atoms with E-state index >= 15 is 0 Å². The van der Waals surface area contributed by atoms with Crippen LogP contribution in [0.5, 0.6) is 0 Å². The van der Waals surface area contributed by atoms with Crippen LogP contribution in [0.25, 0.3) is 0 Å². The highest BCUT2D eigenvalue weighted by Crippen LogP contribution is 2.53. The Kier molecular flexibility index (Phi) is 2.30. The summed E-state index contributed by atoms with van der Waals surface area (Å²) in [5, 5.41) is 0. The first-order valence-corrected chi connectivity index (χ1v) is 6.26. The number of likely N-dealkylation sites (tertiary alicyclic amines) is 1. The van der Waals surface area contributed by atoms with Crippen molar-refractivity contribution in [1.82, 2.24) is 4.90 Å². The van der Waals surface area contributed by atoms with E-state index in [0.717, 1.165) is 6.54 Å². The molecule has 1 aliphatic heterocycles. The summed E-state index contributed by atoms with van der Waals surface area (Å²) in [6.45, 7) is 4.56. The van der Waals surface area contributed by atoms with E-state index in [4.69, 9.17) is 5.73 Å². The number of benzene rings is 1. The third-order valence-corrected chi connectivity index (χ3v) is 4.46. The number of hydrogen-bond donors (Lipinski definition) is 1. The summed E-state index contributed by atoms with van der Waals surface area (Å²) in [4.78, 5) is 2.55. The van der Waals surface area contributed by atoms with Crippen LogP contribution in [0.2, 0.25) is 0 Å². The average Bonchev–Trinajstić information content (AvgIpc) is 3.01. The van der Waals surface area contributed by atoms with Crippen molar-refractivity contribution in [2.75, 3.05) is 13.1 Å². The van der Waals surface area contributed by atoms with Crippen LogP contribution >= 0.6 is 0 Å². The summed E-state index contributed by atoms with van der Waals surface area (Å²) in [7, 11) is 0. The molecule has 2 nitrogen and oxygen atoms in total. The Labute approximate surface area is 97.4 Å². The summed E-state index contributed by atoms with van der Waals surface area (Å²) in [5.74, 6) is 0. The molecule has 1 saturated heterocycles. The molecular formula is C14H20N2. The first-order valence-electron chi connectivity index (χ1n) is 6.26. The maximum atomic E-state index is 6.24. The molecular weight excluding hydrogens is 196 g/mol. The van der Waals surface area contributed by atoms with E-state index in [1.54, 1.807) is 0 Å². The van der Waals surface area contributed by atoms with Crippen LogP contribution in [-0.4, -0.2) is 24.0 Å². The van der Waals surface area contributed by atoms with Gasteiger partial charge in [-0.15, -0.1) is 0 Å². The Bertz CT molecular complexity index is 370. The third-order valence-electron chi connectivity index (χ3n) is 4.46. The maximum absolute atomic E-state index is 6.24. The third kappa shape index (κ3) is 1.57. The van der Waals surface area contributed by atoms with Crippen LogP contribution in [0.4, 0.5) is 0 Å². The lowest BCUT2D eigenvalue weighted by Gasteiger charge is -2.24. The quantitative estimate of drug-likeness (QED) is 0.821. The molecule has 1 aliphatic carbocycles. The van der Waals surface area contributed by atoms with Gasteiger partial charge in [-0.25, -0.2) is 0 Å². The lowest BCUT2D eigenvalue weighted by molar-refractivity contribution is 0.249. The predicted molar refractivity (Wildman–Crippen MR) is 66.1 cm³/mol. The van der Waals surface area contributed by atoms with Crippen molar-refractivity contribution < 1.29 is 0 Å². The second kappa shape index (κ2) is 3.57. The van der Waals surface area contributed by atoms with Crippen molar-refractivity contribution in [1.29, 1.82) is 0 Å². The van der Waals surface area contributed by atoms with Gasteiger partial charge in [0.15, 0.2) is 0 Å². The SMILES string of the molecule is C[C@@H](c1ccccc1)N1CC(N)C2(CC2)C1. The van der Waals surface area contributed by atoms with Gasteiger partial charge in [-0.2, -0.15) is 0 Å². The largest absolute Gasteiger partial charge is 0.326 e. The molecule has 1 heterocycles. The summed E-state index contributed by atoms with van der Waals surface area (Å²) in [6, 6.07) is 11.7. The molecule has 3 rings (SSSR count). The minimum absolute atomic E-state index is 0.402. The number of rotatable bonds is 2. The average molecular weight is 216 g/mol. The molecule has 2 fully saturated rings. The topological polar surface area (TPSA) is 29.3 Å². The fourth-order valence-corrected chi connectivity index (χ4v) is 2.96. The van der Waals surface area contributed by atoms with Crippen LogP contribution in [0.1, 0.15) is 31.4 Å². The lowest BCUT2D eigenvalue weighted by Crippen LogP contribution is -2.31. The Hall–Kier alpha value is -0.860. The fourth-order valence-electron chi connectivity index (χ4n) is 2.96. The van der Waals surface area contributed by atoms with E-state index in [0.29, 0.717) is 17.5 Å². The van der Waals surface area contributed by atoms with Crippen molar-refractivity contribution in [2.45, 2.75) is 31.8 Å². The Morgan fingerprint density at radius 3 is 2.56 bits per heavy atom. The monoisotopic (exact) mass is 216 g/mol. The van der Waals surface area contributed by atoms with E-state index in [9.17, 15) is 0 Å². The fraction of sp³-hybridized carbons (Fsp3) is 0.571. The molecule has 0 bridgehead atoms. The summed E-state index contributed by atoms with van der Waals surface area (Å²) in [6.07, 6.45) is 2.68. The van der Waals surface area contributed by atoms with Crippen molar-refractivity contribution in [3.8, 4) is 0 Å². The summed E-state index contributed by atoms with van der Waals surface area (Å²) >= 11 is 0. The molecule has 2 heteroatoms. The van der Waals surface area contributed by atoms with Gasteiger partial charge in [-0.3, -0.25) is 4.90 Å². The first-order chi connectivity index (χ1) is 7.71. The minimum Gasteiger partial charge on any atom is -0.326 e. The molecule has 0 aromatic heterocycles. The zero-order chi connectivity index (χ0) is 11.2. The van der Waals surface area contributed by atoms with Gasteiger partial charge in [0.25, 0.3) is 0 Å². The predicted octanol–water partition coefficient (Wildman–Crippen LogP) is 2.17. The molecule has 0 radical (unpaired) electrons. The zero-order valence-electron chi connectivity index (χ0n) is 9.89. The van der Waals surface area contributed by atoms with Gasteiger partial charge in [-0.05, 0) is 30.7 Å². The molecule has 1 saturated carbocycles. The molecule has 2 atom stereocenters. The van der Waals surface area contributed by atoms with Crippen molar-refractivity contribution in [3.05, 3.63) is 35.9 Å². The highest BCUT2D eigenvalue weighted by atomic mass is 15.2. The smallest absolute Gasteiger partial charge is 0.0320 e. The zero-order valence-corrected chi connectivity index (χ0v) is 9.89. The Morgan fingerprint density at radius 2 is 2.00 bits per heavy atom. The number of nitrogens with two attached hydrogens (primary N) is 1. The highest BCUT2D eigenvalue weighted by Gasteiger charge is 2.54. The Morgan fingerprint density at radius 1 is 1.31 bits per heavy atom. The molecule has 1 aromatic carbocycles. The standard InChI is InChI=1S/C14H20N2/c1-11(12-5-3-2-4-6-12)16-9-13(15)14(10-16)7-8-14/h2-6,11,13H,7-10,15H2,1H3/t11-,13?/m0/s1. The summed E-state index contributed by atoms with van der Waals surface area (Å²) in [5.41, 5.74) is 8.14. The van der Waals surface area contributed by atoms with Crippen LogP contribution in [0.15, 0.2) is 30.3 Å². The van der Waals surface area contributed by atoms with Gasteiger partial charge >= 0.3 is 0 Å². The molecule has 1 aromatic rings.